The smallest absolute Gasteiger partial charge is 0.345 e. The third-order valence-electron chi connectivity index (χ3n) is 3.19. The quantitative estimate of drug-likeness (QED) is 0.844. The van der Waals surface area contributed by atoms with E-state index >= 15 is 0 Å². The molecule has 5 heteroatoms. The Morgan fingerprint density at radius 2 is 1.04 bits per heavy atom. The van der Waals surface area contributed by atoms with Crippen LogP contribution in [0.3, 0.4) is 0 Å². The van der Waals surface area contributed by atoms with Crippen LogP contribution in [-0.4, -0.2) is 27.7 Å². The van der Waals surface area contributed by atoms with Gasteiger partial charge in [0.05, 0.1) is 0 Å². The molecule has 0 unspecified atom stereocenters. The van der Waals surface area contributed by atoms with E-state index in [9.17, 15) is 24.6 Å². The molecule has 23 heavy (non-hydrogen) atoms. The lowest BCUT2D eigenvalue weighted by Crippen LogP contribution is -2.36. The highest BCUT2D eigenvalue weighted by Gasteiger charge is 2.39. The fraction of sp³-hybridized carbons (Fsp3) is 0.167. The van der Waals surface area contributed by atoms with Crippen LogP contribution in [0.2, 0.25) is 0 Å². The second kappa shape index (κ2) is 8.00. The average Bonchev–Trinajstić information content (AvgIpc) is 2.56. The molecule has 0 saturated heterocycles. The van der Waals surface area contributed by atoms with E-state index in [0.29, 0.717) is 11.1 Å². The average molecular weight is 314 g/mol. The molecule has 2 N–H and O–H groups in total. The first-order valence-corrected chi connectivity index (χ1v) is 6.88. The van der Waals surface area contributed by atoms with Gasteiger partial charge in [0, 0.05) is 13.8 Å². The monoisotopic (exact) mass is 314 g/mol. The number of benzene rings is 2. The van der Waals surface area contributed by atoms with Crippen molar-refractivity contribution in [2.24, 2.45) is 0 Å². The van der Waals surface area contributed by atoms with E-state index in [0.717, 1.165) is 0 Å². The maximum Gasteiger partial charge on any atom is 0.345 e. The van der Waals surface area contributed by atoms with Crippen molar-refractivity contribution < 1.29 is 24.6 Å². The van der Waals surface area contributed by atoms with Crippen molar-refractivity contribution in [3.05, 3.63) is 71.8 Å². The van der Waals surface area contributed by atoms with Gasteiger partial charge in [0.15, 0.2) is 11.6 Å². The first kappa shape index (κ1) is 18.3. The van der Waals surface area contributed by atoms with Gasteiger partial charge in [-0.25, -0.2) is 4.79 Å². The van der Waals surface area contributed by atoms with Gasteiger partial charge in [-0.15, -0.1) is 0 Å². The summed E-state index contributed by atoms with van der Waals surface area (Å²) in [6.45, 7) is 2.50. The standard InChI is InChI=1S/C14H12O3.C4H6O2/c15-13(16)14(17,11-7-3-1-4-8-11)12-9-5-2-6-10-12;1-3(5)4(2)6/h1-10,17H,(H,15,16);1-2H3. The number of hydrogen-bond donors (Lipinski definition) is 2. The summed E-state index contributed by atoms with van der Waals surface area (Å²) in [7, 11) is 0. The normalized spacial score (nSPS) is 10.2. The Morgan fingerprint density at radius 3 is 1.26 bits per heavy atom. The van der Waals surface area contributed by atoms with Crippen molar-refractivity contribution in [3.8, 4) is 0 Å². The predicted octanol–water partition coefficient (Wildman–Crippen LogP) is 2.17. The molecule has 0 saturated carbocycles. The summed E-state index contributed by atoms with van der Waals surface area (Å²) >= 11 is 0. The molecule has 0 aliphatic carbocycles. The highest BCUT2D eigenvalue weighted by molar-refractivity contribution is 6.35. The molecule has 0 atom stereocenters. The number of rotatable bonds is 4. The minimum atomic E-state index is -2.00. The Labute approximate surface area is 134 Å². The number of carbonyl (C=O) groups excluding carboxylic acids is 2. The third-order valence-corrected chi connectivity index (χ3v) is 3.19. The predicted molar refractivity (Wildman–Crippen MR) is 84.9 cm³/mol. The number of carboxylic acids is 1. The summed E-state index contributed by atoms with van der Waals surface area (Å²) in [5.41, 5.74) is -1.31. The summed E-state index contributed by atoms with van der Waals surface area (Å²) in [5.74, 6) is -2.04. The number of carbonyl (C=O) groups is 3. The van der Waals surface area contributed by atoms with E-state index in [1.54, 1.807) is 60.7 Å². The van der Waals surface area contributed by atoms with Crippen molar-refractivity contribution in [2.45, 2.75) is 19.4 Å². The Bertz CT molecular complexity index is 626. The molecule has 0 aliphatic heterocycles. The maximum atomic E-state index is 11.4. The lowest BCUT2D eigenvalue weighted by atomic mass is 9.86. The molecular formula is C18H18O5. The van der Waals surface area contributed by atoms with Crippen molar-refractivity contribution >= 4 is 17.5 Å². The van der Waals surface area contributed by atoms with Crippen molar-refractivity contribution in [1.82, 2.24) is 0 Å². The number of hydrogen-bond acceptors (Lipinski definition) is 4. The second-order valence-electron chi connectivity index (χ2n) is 4.86. The molecule has 5 nitrogen and oxygen atoms in total. The molecule has 120 valence electrons. The van der Waals surface area contributed by atoms with Gasteiger partial charge in [0.1, 0.15) is 0 Å². The molecule has 0 heterocycles. The van der Waals surface area contributed by atoms with Crippen LogP contribution < -0.4 is 0 Å². The summed E-state index contributed by atoms with van der Waals surface area (Å²) in [6, 6.07) is 16.7. The van der Waals surface area contributed by atoms with Crippen molar-refractivity contribution in [3.63, 3.8) is 0 Å². The fourth-order valence-corrected chi connectivity index (χ4v) is 1.77. The van der Waals surface area contributed by atoms with Gasteiger partial charge in [-0.1, -0.05) is 60.7 Å². The van der Waals surface area contributed by atoms with Gasteiger partial charge in [0.2, 0.25) is 5.60 Å². The molecule has 2 rings (SSSR count). The van der Waals surface area contributed by atoms with Gasteiger partial charge >= 0.3 is 5.97 Å². The largest absolute Gasteiger partial charge is 0.479 e. The Kier molecular flexibility index (Phi) is 6.35. The van der Waals surface area contributed by atoms with Gasteiger partial charge in [0.25, 0.3) is 0 Å². The number of aliphatic hydroxyl groups is 1. The van der Waals surface area contributed by atoms with Crippen LogP contribution in [-0.2, 0) is 20.0 Å². The minimum absolute atomic E-state index is 0.346. The zero-order chi connectivity index (χ0) is 17.5. The lowest BCUT2D eigenvalue weighted by molar-refractivity contribution is -0.155. The summed E-state index contributed by atoms with van der Waals surface area (Å²) in [4.78, 5) is 31.0. The van der Waals surface area contributed by atoms with Crippen LogP contribution in [0.15, 0.2) is 60.7 Å². The molecule has 0 radical (unpaired) electrons. The van der Waals surface area contributed by atoms with E-state index in [4.69, 9.17) is 0 Å². The number of aliphatic carboxylic acids is 1. The lowest BCUT2D eigenvalue weighted by Gasteiger charge is -2.24. The van der Waals surface area contributed by atoms with Gasteiger partial charge in [-0.05, 0) is 11.1 Å². The third kappa shape index (κ3) is 4.59. The van der Waals surface area contributed by atoms with Crippen LogP contribution >= 0.6 is 0 Å². The molecular weight excluding hydrogens is 296 g/mol. The van der Waals surface area contributed by atoms with Crippen LogP contribution in [0.4, 0.5) is 0 Å². The number of Topliss-reactive ketones (excluding diaryl/α,β-unsaturated/α-hetero) is 2. The van der Waals surface area contributed by atoms with Crippen LogP contribution in [0.5, 0.6) is 0 Å². The van der Waals surface area contributed by atoms with E-state index in [1.165, 1.54) is 13.8 Å². The first-order chi connectivity index (χ1) is 10.8. The van der Waals surface area contributed by atoms with E-state index in [-0.39, 0.29) is 11.6 Å². The fourth-order valence-electron chi connectivity index (χ4n) is 1.77. The molecule has 0 bridgehead atoms. The number of ketones is 2. The van der Waals surface area contributed by atoms with Crippen LogP contribution in [0.1, 0.15) is 25.0 Å². The SMILES string of the molecule is CC(=O)C(C)=O.O=C(O)C(O)(c1ccccc1)c1ccccc1. The van der Waals surface area contributed by atoms with E-state index in [2.05, 4.69) is 0 Å². The molecule has 0 aromatic heterocycles. The summed E-state index contributed by atoms with van der Waals surface area (Å²) in [5, 5.41) is 19.7. The van der Waals surface area contributed by atoms with E-state index in [1.807, 2.05) is 0 Å². The molecule has 0 spiro atoms. The maximum absolute atomic E-state index is 11.4. The summed E-state index contributed by atoms with van der Waals surface area (Å²) in [6.07, 6.45) is 0. The molecule has 0 aliphatic rings. The zero-order valence-corrected chi connectivity index (χ0v) is 12.9. The number of carboxylic acid groups (broad SMARTS) is 1. The Morgan fingerprint density at radius 1 is 0.739 bits per heavy atom. The van der Waals surface area contributed by atoms with E-state index < -0.39 is 11.6 Å². The molecule has 2 aromatic rings. The van der Waals surface area contributed by atoms with Gasteiger partial charge in [-0.2, -0.15) is 0 Å². The minimum Gasteiger partial charge on any atom is -0.479 e. The first-order valence-electron chi connectivity index (χ1n) is 6.88. The van der Waals surface area contributed by atoms with Crippen LogP contribution in [0, 0.1) is 0 Å². The Hall–Kier alpha value is -2.79. The molecule has 0 amide bonds. The summed E-state index contributed by atoms with van der Waals surface area (Å²) < 4.78 is 0. The van der Waals surface area contributed by atoms with Crippen molar-refractivity contribution in [1.29, 1.82) is 0 Å². The van der Waals surface area contributed by atoms with Crippen molar-refractivity contribution in [2.75, 3.05) is 0 Å². The van der Waals surface area contributed by atoms with Crippen LogP contribution in [0.25, 0.3) is 0 Å². The van der Waals surface area contributed by atoms with Gasteiger partial charge in [-0.3, -0.25) is 9.59 Å². The highest BCUT2D eigenvalue weighted by atomic mass is 16.4. The zero-order valence-electron chi connectivity index (χ0n) is 12.9. The molecule has 0 fully saturated rings. The highest BCUT2D eigenvalue weighted by Crippen LogP contribution is 2.29. The molecule has 2 aromatic carbocycles. The second-order valence-corrected chi connectivity index (χ2v) is 4.86. The topological polar surface area (TPSA) is 91.7 Å². The van der Waals surface area contributed by atoms with Gasteiger partial charge < -0.3 is 10.2 Å². The Balaban J connectivity index is 0.000000379.